The highest BCUT2D eigenvalue weighted by molar-refractivity contribution is 9.10. The van der Waals surface area contributed by atoms with E-state index in [1.165, 1.54) is 6.07 Å². The molecule has 0 radical (unpaired) electrons. The van der Waals surface area contributed by atoms with Crippen molar-refractivity contribution in [1.82, 2.24) is 10.3 Å². The molecule has 1 aliphatic rings. The number of nitrogens with one attached hydrogen (secondary N) is 2. The molecule has 2 heterocycles. The SMILES string of the molecule is CC(=O)N[C@@H]1[C@@H]([C@@H](O)[C@@H](O)CO)O[C@@](Oc2cc3c(Cl)c(Br)ccc3[nH]2)(C(=O)O)C[C@H]1O. The van der Waals surface area contributed by atoms with E-state index in [-0.39, 0.29) is 5.88 Å². The number of carboxylic acids is 1. The first-order valence-electron chi connectivity index (χ1n) is 9.48. The Morgan fingerprint density at radius 2 is 2.12 bits per heavy atom. The maximum atomic E-state index is 12.2. The summed E-state index contributed by atoms with van der Waals surface area (Å²) in [6, 6.07) is 3.52. The first kappa shape index (κ1) is 24.7. The van der Waals surface area contributed by atoms with Crippen LogP contribution in [0.15, 0.2) is 22.7 Å². The first-order chi connectivity index (χ1) is 15.0. The topological polar surface area (TPSA) is 182 Å². The van der Waals surface area contributed by atoms with Crippen LogP contribution in [-0.4, -0.2) is 85.2 Å². The molecule has 1 aromatic heterocycles. The number of H-pyrrole nitrogens is 1. The molecule has 0 aliphatic carbocycles. The monoisotopic (exact) mass is 536 g/mol. The summed E-state index contributed by atoms with van der Waals surface area (Å²) in [5, 5.41) is 53.3. The largest absolute Gasteiger partial charge is 0.476 e. The molecular weight excluding hydrogens is 516 g/mol. The van der Waals surface area contributed by atoms with Crippen molar-refractivity contribution in [2.45, 2.75) is 49.6 Å². The Morgan fingerprint density at radius 1 is 1.44 bits per heavy atom. The molecule has 0 unspecified atom stereocenters. The second-order valence-electron chi connectivity index (χ2n) is 7.44. The van der Waals surface area contributed by atoms with Crippen LogP contribution in [0.25, 0.3) is 10.9 Å². The fraction of sp³-hybridized carbons (Fsp3) is 0.474. The third-order valence-electron chi connectivity index (χ3n) is 5.13. The number of benzene rings is 1. The minimum atomic E-state index is -2.50. The van der Waals surface area contributed by atoms with Gasteiger partial charge in [-0.05, 0) is 28.1 Å². The molecule has 1 aromatic carbocycles. The second kappa shape index (κ2) is 9.51. The van der Waals surface area contributed by atoms with E-state index in [0.717, 1.165) is 6.92 Å². The van der Waals surface area contributed by atoms with E-state index in [4.69, 9.17) is 21.1 Å². The summed E-state index contributed by atoms with van der Waals surface area (Å²) in [4.78, 5) is 26.6. The van der Waals surface area contributed by atoms with Gasteiger partial charge in [0.2, 0.25) is 5.91 Å². The number of carboxylic acid groups (broad SMARTS) is 1. The van der Waals surface area contributed by atoms with Crippen LogP contribution < -0.4 is 10.1 Å². The van der Waals surface area contributed by atoms with Crippen LogP contribution in [0.1, 0.15) is 13.3 Å². The standard InChI is InChI=1S/C19H22BrClN2O9/c1-7(25)22-15-11(26)5-19(18(29)30,32-17(15)16(28)12(27)6-24)31-13-4-8-10(23-13)3-2-9(20)14(8)21/h2-4,11-12,15-17,23-24,26-28H,5-6H2,1H3,(H,22,25)(H,29,30)/t11-,12+,15+,16+,17+,19-/m1/s1. The van der Waals surface area contributed by atoms with Gasteiger partial charge in [0, 0.05) is 28.4 Å². The molecule has 1 amide bonds. The van der Waals surface area contributed by atoms with Gasteiger partial charge in [0.1, 0.15) is 18.3 Å². The van der Waals surface area contributed by atoms with Crippen LogP contribution >= 0.6 is 27.5 Å². The number of carbonyl (C=O) groups is 2. The van der Waals surface area contributed by atoms with Gasteiger partial charge in [-0.1, -0.05) is 11.6 Å². The fourth-order valence-electron chi connectivity index (χ4n) is 3.58. The molecule has 176 valence electrons. The van der Waals surface area contributed by atoms with Crippen molar-refractivity contribution < 1.29 is 44.6 Å². The van der Waals surface area contributed by atoms with Gasteiger partial charge in [0.25, 0.3) is 0 Å². The van der Waals surface area contributed by atoms with Crippen LogP contribution in [0.4, 0.5) is 0 Å². The van der Waals surface area contributed by atoms with Gasteiger partial charge in [-0.25, -0.2) is 4.79 Å². The van der Waals surface area contributed by atoms with Crippen molar-refractivity contribution in [3.05, 3.63) is 27.7 Å². The number of fused-ring (bicyclic) bond motifs is 1. The molecule has 0 saturated carbocycles. The van der Waals surface area contributed by atoms with Crippen molar-refractivity contribution >= 4 is 50.3 Å². The molecule has 0 bridgehead atoms. The summed E-state index contributed by atoms with van der Waals surface area (Å²) in [6.07, 6.45) is -7.41. The summed E-state index contributed by atoms with van der Waals surface area (Å²) in [6.45, 7) is 0.279. The highest BCUT2D eigenvalue weighted by Gasteiger charge is 2.56. The lowest BCUT2D eigenvalue weighted by atomic mass is 9.88. The molecular formula is C19H22BrClN2O9. The Labute approximate surface area is 195 Å². The molecule has 0 spiro atoms. The summed E-state index contributed by atoms with van der Waals surface area (Å²) in [7, 11) is 0. The van der Waals surface area contributed by atoms with Gasteiger partial charge >= 0.3 is 11.8 Å². The number of aromatic amines is 1. The number of hydrogen-bond acceptors (Lipinski definition) is 8. The van der Waals surface area contributed by atoms with Gasteiger partial charge < -0.3 is 45.3 Å². The molecule has 1 saturated heterocycles. The van der Waals surface area contributed by atoms with Gasteiger partial charge in [0.05, 0.1) is 30.2 Å². The average molecular weight is 538 g/mol. The van der Waals surface area contributed by atoms with E-state index in [9.17, 15) is 35.1 Å². The summed E-state index contributed by atoms with van der Waals surface area (Å²) in [5.74, 6) is -4.77. The molecule has 1 aliphatic heterocycles. The number of aromatic nitrogens is 1. The molecule has 1 fully saturated rings. The summed E-state index contributed by atoms with van der Waals surface area (Å²) >= 11 is 9.54. The van der Waals surface area contributed by atoms with Gasteiger partial charge in [0.15, 0.2) is 5.88 Å². The Bertz CT molecular complexity index is 1020. The fourth-order valence-corrected chi connectivity index (χ4v) is 4.15. The number of aliphatic hydroxyl groups is 4. The predicted molar refractivity (Wildman–Crippen MR) is 114 cm³/mol. The van der Waals surface area contributed by atoms with Crippen LogP contribution in [0.2, 0.25) is 5.02 Å². The minimum Gasteiger partial charge on any atom is -0.476 e. The predicted octanol–water partition coefficient (Wildman–Crippen LogP) is 0.112. The van der Waals surface area contributed by atoms with Crippen LogP contribution in [0.5, 0.6) is 5.88 Å². The second-order valence-corrected chi connectivity index (χ2v) is 8.67. The minimum absolute atomic E-state index is 0.0523. The first-order valence-corrected chi connectivity index (χ1v) is 10.6. The highest BCUT2D eigenvalue weighted by Crippen LogP contribution is 2.38. The smallest absolute Gasteiger partial charge is 0.377 e. The normalized spacial score (nSPS) is 27.7. The van der Waals surface area contributed by atoms with Gasteiger partial charge in [-0.2, -0.15) is 0 Å². The zero-order valence-corrected chi connectivity index (χ0v) is 19.0. The van der Waals surface area contributed by atoms with E-state index < -0.39 is 61.1 Å². The molecule has 32 heavy (non-hydrogen) atoms. The van der Waals surface area contributed by atoms with Gasteiger partial charge in [-0.15, -0.1) is 0 Å². The average Bonchev–Trinajstić information content (AvgIpc) is 3.14. The molecule has 13 heteroatoms. The van der Waals surface area contributed by atoms with Crippen molar-refractivity contribution in [3.8, 4) is 5.88 Å². The van der Waals surface area contributed by atoms with Gasteiger partial charge in [-0.3, -0.25) is 4.79 Å². The lowest BCUT2D eigenvalue weighted by Crippen LogP contribution is -2.68. The molecule has 2 aromatic rings. The van der Waals surface area contributed by atoms with Crippen LogP contribution in [0.3, 0.4) is 0 Å². The van der Waals surface area contributed by atoms with E-state index in [1.54, 1.807) is 12.1 Å². The lowest BCUT2D eigenvalue weighted by molar-refractivity contribution is -0.285. The number of aliphatic hydroxyl groups excluding tert-OH is 4. The number of aliphatic carboxylic acids is 1. The third kappa shape index (κ3) is 4.71. The number of halogens is 2. The number of ether oxygens (including phenoxy) is 2. The Balaban J connectivity index is 2.00. The van der Waals surface area contributed by atoms with Crippen molar-refractivity contribution in [1.29, 1.82) is 0 Å². The zero-order valence-electron chi connectivity index (χ0n) is 16.7. The quantitative estimate of drug-likeness (QED) is 0.258. The third-order valence-corrected chi connectivity index (χ3v) is 6.42. The Hall–Kier alpha value is -1.93. The van der Waals surface area contributed by atoms with Crippen molar-refractivity contribution in [2.24, 2.45) is 0 Å². The van der Waals surface area contributed by atoms with E-state index in [1.807, 2.05) is 0 Å². The van der Waals surface area contributed by atoms with Crippen molar-refractivity contribution in [3.63, 3.8) is 0 Å². The number of rotatable bonds is 7. The lowest BCUT2D eigenvalue weighted by Gasteiger charge is -2.46. The number of amides is 1. The maximum absolute atomic E-state index is 12.2. The van der Waals surface area contributed by atoms with E-state index >= 15 is 0 Å². The van der Waals surface area contributed by atoms with E-state index in [0.29, 0.717) is 20.4 Å². The summed E-state index contributed by atoms with van der Waals surface area (Å²) in [5.41, 5.74) is 0.536. The zero-order chi connectivity index (χ0) is 23.8. The highest BCUT2D eigenvalue weighted by atomic mass is 79.9. The molecule has 11 nitrogen and oxygen atoms in total. The van der Waals surface area contributed by atoms with Crippen LogP contribution in [-0.2, 0) is 14.3 Å². The van der Waals surface area contributed by atoms with Crippen molar-refractivity contribution in [2.75, 3.05) is 6.61 Å². The number of carbonyl (C=O) groups excluding carboxylic acids is 1. The Kier molecular flexibility index (Phi) is 7.34. The number of hydrogen-bond donors (Lipinski definition) is 7. The summed E-state index contributed by atoms with van der Waals surface area (Å²) < 4.78 is 11.8. The Morgan fingerprint density at radius 3 is 2.72 bits per heavy atom. The molecule has 3 rings (SSSR count). The molecule has 7 N–H and O–H groups in total. The molecule has 6 atom stereocenters. The maximum Gasteiger partial charge on any atom is 0.377 e. The van der Waals surface area contributed by atoms with E-state index in [2.05, 4.69) is 26.2 Å². The van der Waals surface area contributed by atoms with Crippen LogP contribution in [0, 0.1) is 0 Å².